The van der Waals surface area contributed by atoms with Crippen LogP contribution in [0.2, 0.25) is 0 Å². The van der Waals surface area contributed by atoms with E-state index in [4.69, 9.17) is 14.0 Å². The van der Waals surface area contributed by atoms with Crippen LogP contribution in [0.15, 0.2) is 0 Å². The van der Waals surface area contributed by atoms with E-state index in [1.807, 2.05) is 34.6 Å². The van der Waals surface area contributed by atoms with Crippen LogP contribution in [0.5, 0.6) is 0 Å². The number of carbonyl (C=O) groups excluding carboxylic acids is 1. The molecule has 0 amide bonds. The molecule has 0 aromatic heterocycles. The van der Waals surface area contributed by atoms with Crippen molar-refractivity contribution >= 4 is 23.9 Å². The molecule has 1 aliphatic rings. The topological polar surface area (TPSA) is 65.1 Å². The Morgan fingerprint density at radius 2 is 1.77 bits per heavy atom. The summed E-state index contributed by atoms with van der Waals surface area (Å²) < 4.78 is 30.7. The second kappa shape index (κ2) is 12.2. The molecule has 0 spiro atoms. The van der Waals surface area contributed by atoms with Gasteiger partial charge >= 0.3 is 5.97 Å². The van der Waals surface area contributed by atoms with Crippen LogP contribution in [-0.2, 0) is 23.4 Å². The van der Waals surface area contributed by atoms with E-state index in [1.165, 1.54) is 11.4 Å². The number of rotatable bonds is 12. The maximum Gasteiger partial charge on any atom is 0.311 e. The van der Waals surface area contributed by atoms with Gasteiger partial charge in [0.1, 0.15) is 6.61 Å². The van der Waals surface area contributed by atoms with Crippen molar-refractivity contribution in [1.29, 1.82) is 0 Å². The largest absolute Gasteiger partial charge is 0.464 e. The fourth-order valence-electron chi connectivity index (χ4n) is 3.49. The van der Waals surface area contributed by atoms with Crippen molar-refractivity contribution in [3.63, 3.8) is 0 Å². The van der Waals surface area contributed by atoms with Crippen LogP contribution in [0, 0.1) is 11.3 Å². The lowest BCUT2D eigenvalue weighted by Gasteiger charge is -2.34. The summed E-state index contributed by atoms with van der Waals surface area (Å²) in [4.78, 5) is 14.9. The summed E-state index contributed by atoms with van der Waals surface area (Å²) in [7, 11) is 0. The Morgan fingerprint density at radius 3 is 2.27 bits per heavy atom. The minimum atomic E-state index is -2.93. The molecule has 30 heavy (non-hydrogen) atoms. The van der Waals surface area contributed by atoms with Gasteiger partial charge in [0.05, 0.1) is 24.2 Å². The first kappa shape index (κ1) is 28.0. The summed E-state index contributed by atoms with van der Waals surface area (Å²) in [6, 6.07) is 0. The first-order valence-electron chi connectivity index (χ1n) is 11.2. The highest BCUT2D eigenvalue weighted by Gasteiger charge is 2.39. The van der Waals surface area contributed by atoms with Gasteiger partial charge in [-0.1, -0.05) is 32.2 Å². The van der Waals surface area contributed by atoms with Crippen molar-refractivity contribution in [2.24, 2.45) is 11.3 Å². The van der Waals surface area contributed by atoms with Crippen molar-refractivity contribution in [2.45, 2.75) is 79.5 Å². The smallest absolute Gasteiger partial charge is 0.311 e. The minimum absolute atomic E-state index is 0.0117. The quantitative estimate of drug-likeness (QED) is 0.216. The van der Waals surface area contributed by atoms with Crippen molar-refractivity contribution in [1.82, 2.24) is 4.90 Å². The third-order valence-corrected chi connectivity index (χ3v) is 11.2. The highest BCUT2D eigenvalue weighted by atomic mass is 32.7. The van der Waals surface area contributed by atoms with Gasteiger partial charge in [0, 0.05) is 24.5 Å². The van der Waals surface area contributed by atoms with E-state index in [-0.39, 0.29) is 24.2 Å². The van der Waals surface area contributed by atoms with Crippen LogP contribution in [0.1, 0.15) is 68.2 Å². The van der Waals surface area contributed by atoms with Gasteiger partial charge in [-0.15, -0.1) is 0 Å². The van der Waals surface area contributed by atoms with Gasteiger partial charge < -0.3 is 14.0 Å². The van der Waals surface area contributed by atoms with E-state index in [9.17, 15) is 9.36 Å². The van der Waals surface area contributed by atoms with Gasteiger partial charge in [-0.2, -0.15) is 0 Å². The molecule has 1 aliphatic heterocycles. The molecule has 2 unspecified atom stereocenters. The predicted octanol–water partition coefficient (Wildman–Crippen LogP) is 5.45. The van der Waals surface area contributed by atoms with E-state index in [0.717, 1.165) is 45.7 Å². The molecule has 8 heteroatoms. The molecule has 1 heterocycles. The Morgan fingerprint density at radius 1 is 1.17 bits per heavy atom. The van der Waals surface area contributed by atoms with Gasteiger partial charge in [0.25, 0.3) is 6.57 Å². The Bertz CT molecular complexity index is 570. The van der Waals surface area contributed by atoms with Crippen LogP contribution >= 0.6 is 18.0 Å². The van der Waals surface area contributed by atoms with Gasteiger partial charge in [0.15, 0.2) is 0 Å². The second-order valence-corrected chi connectivity index (χ2v) is 14.9. The number of hydrogen-bond donors (Lipinski definition) is 0. The maximum absolute atomic E-state index is 13.7. The SMILES string of the molecule is CCC(C(C)C)P(=O)(OC(C)(C)C)SCCOC(=O)C(C)(C)CCN1CCOCC1. The molecule has 0 saturated carbocycles. The second-order valence-electron chi connectivity index (χ2n) is 10.0. The Balaban J connectivity index is 2.55. The molecule has 0 radical (unpaired) electrons. The highest BCUT2D eigenvalue weighted by molar-refractivity contribution is 8.56. The maximum atomic E-state index is 13.7. The molecular weight excluding hydrogens is 421 g/mol. The fourth-order valence-corrected chi connectivity index (χ4v) is 9.79. The standard InChI is InChI=1S/C22H44NO5PS/c1-9-19(18(2)3)29(25,28-21(4,5)6)30-17-16-27-20(24)22(7,8)10-11-23-12-14-26-15-13-23/h18-19H,9-17H2,1-8H3. The predicted molar refractivity (Wildman–Crippen MR) is 126 cm³/mol. The van der Waals surface area contributed by atoms with E-state index in [2.05, 4.69) is 25.7 Å². The lowest BCUT2D eigenvalue weighted by molar-refractivity contribution is -0.153. The molecule has 6 nitrogen and oxygen atoms in total. The van der Waals surface area contributed by atoms with E-state index in [1.54, 1.807) is 0 Å². The summed E-state index contributed by atoms with van der Waals surface area (Å²) in [5.74, 6) is 0.540. The van der Waals surface area contributed by atoms with Gasteiger partial charge in [0.2, 0.25) is 0 Å². The first-order valence-corrected chi connectivity index (χ1v) is 14.5. The van der Waals surface area contributed by atoms with E-state index < -0.39 is 17.6 Å². The van der Waals surface area contributed by atoms with Crippen molar-refractivity contribution in [3.8, 4) is 0 Å². The summed E-state index contributed by atoms with van der Waals surface area (Å²) in [6.07, 6.45) is 1.54. The average molecular weight is 466 g/mol. The minimum Gasteiger partial charge on any atom is -0.464 e. The van der Waals surface area contributed by atoms with Gasteiger partial charge in [-0.25, -0.2) is 0 Å². The van der Waals surface area contributed by atoms with E-state index >= 15 is 0 Å². The number of hydrogen-bond acceptors (Lipinski definition) is 7. The normalized spacial score (nSPS) is 19.5. The van der Waals surface area contributed by atoms with Crippen LogP contribution in [0.3, 0.4) is 0 Å². The molecule has 1 fully saturated rings. The molecule has 0 aliphatic carbocycles. The summed E-state index contributed by atoms with van der Waals surface area (Å²) in [5.41, 5.74) is -1.04. The molecular formula is C22H44NO5PS. The number of morpholine rings is 1. The van der Waals surface area contributed by atoms with Gasteiger partial charge in [-0.05, 0) is 59.9 Å². The average Bonchev–Trinajstić information content (AvgIpc) is 2.63. The molecule has 2 atom stereocenters. The molecule has 0 aromatic rings. The zero-order chi connectivity index (χ0) is 23.0. The van der Waals surface area contributed by atoms with Crippen LogP contribution in [0.25, 0.3) is 0 Å². The van der Waals surface area contributed by atoms with Crippen molar-refractivity contribution in [3.05, 3.63) is 0 Å². The van der Waals surface area contributed by atoms with Crippen LogP contribution < -0.4 is 0 Å². The Kier molecular flexibility index (Phi) is 11.4. The molecule has 1 saturated heterocycles. The zero-order valence-electron chi connectivity index (χ0n) is 20.4. The summed E-state index contributed by atoms with van der Waals surface area (Å²) in [6.45, 7) is 17.4. The van der Waals surface area contributed by atoms with Crippen LogP contribution in [0.4, 0.5) is 0 Å². The summed E-state index contributed by atoms with van der Waals surface area (Å²) >= 11 is 1.33. The van der Waals surface area contributed by atoms with Crippen molar-refractivity contribution < 1.29 is 23.4 Å². The monoisotopic (exact) mass is 465 g/mol. The molecule has 0 bridgehead atoms. The number of nitrogens with zero attached hydrogens (tertiary/aromatic N) is 1. The van der Waals surface area contributed by atoms with E-state index in [0.29, 0.717) is 5.75 Å². The lowest BCUT2D eigenvalue weighted by atomic mass is 9.89. The van der Waals surface area contributed by atoms with Gasteiger partial charge in [-0.3, -0.25) is 14.3 Å². The lowest BCUT2D eigenvalue weighted by Crippen LogP contribution is -2.39. The number of esters is 1. The molecule has 0 aromatic carbocycles. The number of carbonyl (C=O) groups is 1. The highest BCUT2D eigenvalue weighted by Crippen LogP contribution is 2.67. The zero-order valence-corrected chi connectivity index (χ0v) is 22.1. The Labute approximate surface area is 188 Å². The molecule has 0 N–H and O–H groups in total. The Hall–Kier alpha value is -0.0700. The fraction of sp³-hybridized carbons (Fsp3) is 0.955. The number of ether oxygens (including phenoxy) is 2. The molecule has 178 valence electrons. The third kappa shape index (κ3) is 9.60. The third-order valence-electron chi connectivity index (χ3n) is 5.29. The molecule has 1 rings (SSSR count). The summed E-state index contributed by atoms with van der Waals surface area (Å²) in [5, 5.41) is 0. The first-order chi connectivity index (χ1) is 13.8. The van der Waals surface area contributed by atoms with Crippen molar-refractivity contribution in [2.75, 3.05) is 45.2 Å². The van der Waals surface area contributed by atoms with Crippen LogP contribution in [-0.4, -0.2) is 67.3 Å².